The van der Waals surface area contributed by atoms with Gasteiger partial charge in [-0.05, 0) is 58.6 Å². The van der Waals surface area contributed by atoms with E-state index in [0.717, 1.165) is 14.2 Å². The molecule has 2 aromatic rings. The van der Waals surface area contributed by atoms with Crippen LogP contribution in [-0.4, -0.2) is 11.1 Å². The van der Waals surface area contributed by atoms with E-state index in [-0.39, 0.29) is 0 Å². The lowest BCUT2D eigenvalue weighted by Crippen LogP contribution is -2.18. The third-order valence-corrected chi connectivity index (χ3v) is 4.68. The molecule has 1 N–H and O–H groups in total. The van der Waals surface area contributed by atoms with Crippen LogP contribution < -0.4 is 0 Å². The Balaban J connectivity index is 2.10. The Labute approximate surface area is 129 Å². The van der Waals surface area contributed by atoms with E-state index in [9.17, 15) is 9.90 Å². The van der Waals surface area contributed by atoms with Crippen molar-refractivity contribution < 1.29 is 9.90 Å². The van der Waals surface area contributed by atoms with Crippen molar-refractivity contribution in [3.63, 3.8) is 0 Å². The summed E-state index contributed by atoms with van der Waals surface area (Å²) >= 11 is 10.9. The maximum Gasteiger partial charge on any atom is 0.307 e. The molecular formula is C14H12BrClO2S. The molecule has 100 valence electrons. The number of carbonyl (C=O) groups is 1. The number of rotatable bonds is 5. The van der Waals surface area contributed by atoms with Gasteiger partial charge in [-0.2, -0.15) is 0 Å². The van der Waals surface area contributed by atoms with E-state index < -0.39 is 11.9 Å². The van der Waals surface area contributed by atoms with Crippen molar-refractivity contribution in [3.05, 3.63) is 55.6 Å². The molecule has 1 aromatic heterocycles. The van der Waals surface area contributed by atoms with E-state index in [4.69, 9.17) is 11.6 Å². The second kappa shape index (κ2) is 6.55. The third-order valence-electron chi connectivity index (χ3n) is 2.80. The van der Waals surface area contributed by atoms with Gasteiger partial charge in [0.25, 0.3) is 0 Å². The molecule has 0 saturated heterocycles. The van der Waals surface area contributed by atoms with E-state index in [0.29, 0.717) is 17.9 Å². The molecule has 0 aliphatic rings. The van der Waals surface area contributed by atoms with Crippen LogP contribution in [0.25, 0.3) is 0 Å². The van der Waals surface area contributed by atoms with E-state index >= 15 is 0 Å². The molecule has 0 saturated carbocycles. The number of hydrogen-bond donors (Lipinski definition) is 1. The van der Waals surface area contributed by atoms with Gasteiger partial charge in [0, 0.05) is 9.90 Å². The Hall–Kier alpha value is -0.840. The Morgan fingerprint density at radius 3 is 2.68 bits per heavy atom. The number of hydrogen-bond acceptors (Lipinski definition) is 2. The topological polar surface area (TPSA) is 37.3 Å². The predicted octanol–water partition coefficient (Wildman–Crippen LogP) is 4.65. The molecule has 0 aliphatic carbocycles. The highest BCUT2D eigenvalue weighted by Crippen LogP contribution is 2.26. The molecule has 0 radical (unpaired) electrons. The number of carboxylic acid groups (broad SMARTS) is 1. The van der Waals surface area contributed by atoms with E-state index in [1.54, 1.807) is 17.4 Å². The maximum absolute atomic E-state index is 11.4. The van der Waals surface area contributed by atoms with Gasteiger partial charge in [-0.3, -0.25) is 4.79 Å². The van der Waals surface area contributed by atoms with Gasteiger partial charge in [0.15, 0.2) is 0 Å². The van der Waals surface area contributed by atoms with Gasteiger partial charge < -0.3 is 5.11 Å². The zero-order valence-electron chi connectivity index (χ0n) is 9.98. The van der Waals surface area contributed by atoms with Gasteiger partial charge >= 0.3 is 5.97 Å². The van der Waals surface area contributed by atoms with Crippen LogP contribution >= 0.6 is 38.9 Å². The highest BCUT2D eigenvalue weighted by Gasteiger charge is 2.19. The molecule has 19 heavy (non-hydrogen) atoms. The standard InChI is InChI=1S/C14H12BrClO2S/c15-13-5-4-12(19-13)8-10(14(17)18)6-9-2-1-3-11(16)7-9/h1-5,7,10H,6,8H2,(H,17,18). The van der Waals surface area contributed by atoms with Crippen LogP contribution in [-0.2, 0) is 17.6 Å². The molecule has 0 aliphatic heterocycles. The number of aliphatic carboxylic acids is 1. The molecule has 1 heterocycles. The molecule has 2 nitrogen and oxygen atoms in total. The minimum absolute atomic E-state index is 0.427. The van der Waals surface area contributed by atoms with Gasteiger partial charge in [0.2, 0.25) is 0 Å². The summed E-state index contributed by atoms with van der Waals surface area (Å²) in [6.07, 6.45) is 1.03. The lowest BCUT2D eigenvalue weighted by molar-refractivity contribution is -0.141. The molecule has 0 fully saturated rings. The average molecular weight is 360 g/mol. The lowest BCUT2D eigenvalue weighted by Gasteiger charge is -2.11. The van der Waals surface area contributed by atoms with Crippen LogP contribution in [0.4, 0.5) is 0 Å². The minimum Gasteiger partial charge on any atom is -0.481 e. The zero-order chi connectivity index (χ0) is 13.8. The summed E-state index contributed by atoms with van der Waals surface area (Å²) in [4.78, 5) is 12.4. The molecule has 0 spiro atoms. The van der Waals surface area contributed by atoms with Crippen molar-refractivity contribution in [1.29, 1.82) is 0 Å². The largest absolute Gasteiger partial charge is 0.481 e. The van der Waals surface area contributed by atoms with Gasteiger partial charge in [-0.1, -0.05) is 23.7 Å². The quantitative estimate of drug-likeness (QED) is 0.843. The van der Waals surface area contributed by atoms with Crippen molar-refractivity contribution in [1.82, 2.24) is 0 Å². The third kappa shape index (κ3) is 4.34. The van der Waals surface area contributed by atoms with E-state index in [1.165, 1.54) is 0 Å². The molecule has 1 aromatic carbocycles. The summed E-state index contributed by atoms with van der Waals surface area (Å²) in [5.74, 6) is -1.20. The van der Waals surface area contributed by atoms with E-state index in [1.807, 2.05) is 30.3 Å². The van der Waals surface area contributed by atoms with Crippen molar-refractivity contribution in [2.75, 3.05) is 0 Å². The summed E-state index contributed by atoms with van der Waals surface area (Å²) in [6, 6.07) is 11.3. The monoisotopic (exact) mass is 358 g/mol. The van der Waals surface area contributed by atoms with Crippen molar-refractivity contribution in [2.24, 2.45) is 5.92 Å². The molecule has 0 bridgehead atoms. The molecule has 1 atom stereocenters. The van der Waals surface area contributed by atoms with Crippen LogP contribution in [0.15, 0.2) is 40.2 Å². The van der Waals surface area contributed by atoms with Crippen LogP contribution in [0.3, 0.4) is 0 Å². The summed E-state index contributed by atoms with van der Waals surface area (Å²) < 4.78 is 1.02. The minimum atomic E-state index is -0.774. The summed E-state index contributed by atoms with van der Waals surface area (Å²) in [6.45, 7) is 0. The fourth-order valence-corrected chi connectivity index (χ4v) is 3.68. The van der Waals surface area contributed by atoms with Crippen LogP contribution in [0.5, 0.6) is 0 Å². The number of benzene rings is 1. The van der Waals surface area contributed by atoms with Crippen LogP contribution in [0, 0.1) is 5.92 Å². The van der Waals surface area contributed by atoms with E-state index in [2.05, 4.69) is 15.9 Å². The number of halogens is 2. The van der Waals surface area contributed by atoms with Crippen LogP contribution in [0.1, 0.15) is 10.4 Å². The molecular weight excluding hydrogens is 348 g/mol. The Bertz CT molecular complexity index is 582. The highest BCUT2D eigenvalue weighted by atomic mass is 79.9. The SMILES string of the molecule is O=C(O)C(Cc1cccc(Cl)c1)Cc1ccc(Br)s1. The van der Waals surface area contributed by atoms with Gasteiger partial charge in [0.05, 0.1) is 9.70 Å². The summed E-state index contributed by atoms with van der Waals surface area (Å²) in [5, 5.41) is 9.97. The van der Waals surface area contributed by atoms with Crippen molar-refractivity contribution >= 4 is 44.8 Å². The number of carboxylic acids is 1. The average Bonchev–Trinajstić information content (AvgIpc) is 2.74. The van der Waals surface area contributed by atoms with Gasteiger partial charge in [0.1, 0.15) is 0 Å². The molecule has 2 rings (SSSR count). The predicted molar refractivity (Wildman–Crippen MR) is 82.0 cm³/mol. The fraction of sp³-hybridized carbons (Fsp3) is 0.214. The highest BCUT2D eigenvalue weighted by molar-refractivity contribution is 9.11. The molecule has 1 unspecified atom stereocenters. The van der Waals surface area contributed by atoms with Gasteiger partial charge in [-0.25, -0.2) is 0 Å². The molecule has 5 heteroatoms. The van der Waals surface area contributed by atoms with Crippen LogP contribution in [0.2, 0.25) is 5.02 Å². The lowest BCUT2D eigenvalue weighted by atomic mass is 9.96. The summed E-state index contributed by atoms with van der Waals surface area (Å²) in [5.41, 5.74) is 0.954. The smallest absolute Gasteiger partial charge is 0.307 e. The second-order valence-corrected chi connectivity index (χ2v) is 7.26. The zero-order valence-corrected chi connectivity index (χ0v) is 13.1. The molecule has 0 amide bonds. The Kier molecular flexibility index (Phi) is 5.02. The van der Waals surface area contributed by atoms with Crippen molar-refractivity contribution in [2.45, 2.75) is 12.8 Å². The maximum atomic E-state index is 11.4. The Morgan fingerprint density at radius 1 is 1.32 bits per heavy atom. The Morgan fingerprint density at radius 2 is 2.11 bits per heavy atom. The first-order valence-corrected chi connectivity index (χ1v) is 7.75. The van der Waals surface area contributed by atoms with Gasteiger partial charge in [-0.15, -0.1) is 11.3 Å². The normalized spacial score (nSPS) is 12.3. The number of thiophene rings is 1. The fourth-order valence-electron chi connectivity index (χ4n) is 1.90. The van der Waals surface area contributed by atoms with Crippen molar-refractivity contribution in [3.8, 4) is 0 Å². The first-order chi connectivity index (χ1) is 9.04. The summed E-state index contributed by atoms with van der Waals surface area (Å²) in [7, 11) is 0. The first-order valence-electron chi connectivity index (χ1n) is 5.76. The first kappa shape index (κ1) is 14.6. The second-order valence-electron chi connectivity index (χ2n) is 4.28.